The van der Waals surface area contributed by atoms with Crippen LogP contribution in [0.5, 0.6) is 11.5 Å². The van der Waals surface area contributed by atoms with Gasteiger partial charge >= 0.3 is 5.97 Å². The zero-order valence-electron chi connectivity index (χ0n) is 13.9. The molecule has 1 aliphatic heterocycles. The molecule has 134 valence electrons. The van der Waals surface area contributed by atoms with Crippen molar-refractivity contribution in [1.29, 1.82) is 0 Å². The van der Waals surface area contributed by atoms with E-state index in [9.17, 15) is 14.0 Å². The van der Waals surface area contributed by atoms with Gasteiger partial charge in [-0.1, -0.05) is 12.1 Å². The van der Waals surface area contributed by atoms with E-state index in [1.165, 1.54) is 18.2 Å². The summed E-state index contributed by atoms with van der Waals surface area (Å²) in [6, 6.07) is 10.9. The van der Waals surface area contributed by atoms with E-state index in [2.05, 4.69) is 0 Å². The molecule has 0 amide bonds. The standard InChI is InChI=1S/C20H17FO5/c21-15-4-5-18-17(12-15)20(24)14(6-8-26-18)10-13-2-1-3-16(11-13)25-9-7-19(22)23/h1-5,10-12H,6-9H2,(H,22,23)/b14-10+. The summed E-state index contributed by atoms with van der Waals surface area (Å²) in [6.07, 6.45) is 2.03. The Morgan fingerprint density at radius 3 is 2.92 bits per heavy atom. The topological polar surface area (TPSA) is 72.8 Å². The minimum Gasteiger partial charge on any atom is -0.493 e. The monoisotopic (exact) mass is 356 g/mol. The van der Waals surface area contributed by atoms with Gasteiger partial charge in [-0.2, -0.15) is 0 Å². The highest BCUT2D eigenvalue weighted by atomic mass is 19.1. The second-order valence-corrected chi connectivity index (χ2v) is 5.80. The smallest absolute Gasteiger partial charge is 0.306 e. The number of ether oxygens (including phenoxy) is 2. The first-order chi connectivity index (χ1) is 12.5. The van der Waals surface area contributed by atoms with E-state index < -0.39 is 11.8 Å². The van der Waals surface area contributed by atoms with E-state index >= 15 is 0 Å². The number of carbonyl (C=O) groups excluding carboxylic acids is 1. The fourth-order valence-electron chi connectivity index (χ4n) is 2.65. The maximum Gasteiger partial charge on any atom is 0.306 e. The molecule has 2 aromatic carbocycles. The quantitative estimate of drug-likeness (QED) is 0.827. The zero-order chi connectivity index (χ0) is 18.5. The summed E-state index contributed by atoms with van der Waals surface area (Å²) < 4.78 is 24.4. The summed E-state index contributed by atoms with van der Waals surface area (Å²) in [7, 11) is 0. The number of hydrogen-bond acceptors (Lipinski definition) is 4. The number of benzene rings is 2. The lowest BCUT2D eigenvalue weighted by Crippen LogP contribution is -2.05. The molecule has 1 heterocycles. The number of rotatable bonds is 5. The van der Waals surface area contributed by atoms with Crippen LogP contribution in [0.15, 0.2) is 48.0 Å². The third-order valence-electron chi connectivity index (χ3n) is 3.89. The number of aliphatic carboxylic acids is 1. The van der Waals surface area contributed by atoms with E-state index in [-0.39, 0.29) is 24.4 Å². The number of hydrogen-bond donors (Lipinski definition) is 1. The number of ketones is 1. The second-order valence-electron chi connectivity index (χ2n) is 5.80. The van der Waals surface area contributed by atoms with Gasteiger partial charge in [0.15, 0.2) is 5.78 Å². The Kier molecular flexibility index (Phi) is 5.31. The Balaban J connectivity index is 1.83. The number of Topliss-reactive ketones (excluding diaryl/α,β-unsaturated/α-hetero) is 1. The largest absolute Gasteiger partial charge is 0.493 e. The van der Waals surface area contributed by atoms with Gasteiger partial charge in [0.2, 0.25) is 0 Å². The average Bonchev–Trinajstić information content (AvgIpc) is 2.75. The number of carboxylic acids is 1. The van der Waals surface area contributed by atoms with Gasteiger partial charge in [0, 0.05) is 12.0 Å². The van der Waals surface area contributed by atoms with Gasteiger partial charge in [-0.25, -0.2) is 4.39 Å². The van der Waals surface area contributed by atoms with E-state index in [1.807, 2.05) is 6.07 Å². The summed E-state index contributed by atoms with van der Waals surface area (Å²) >= 11 is 0. The molecule has 5 nitrogen and oxygen atoms in total. The predicted molar refractivity (Wildman–Crippen MR) is 93.0 cm³/mol. The predicted octanol–water partition coefficient (Wildman–Crippen LogP) is 3.73. The Hall–Kier alpha value is -3.15. The first-order valence-corrected chi connectivity index (χ1v) is 8.15. The van der Waals surface area contributed by atoms with Gasteiger partial charge in [-0.05, 0) is 42.0 Å². The van der Waals surface area contributed by atoms with Crippen LogP contribution in [0.1, 0.15) is 28.8 Å². The first-order valence-electron chi connectivity index (χ1n) is 8.15. The lowest BCUT2D eigenvalue weighted by atomic mass is 9.99. The van der Waals surface area contributed by atoms with Crippen molar-refractivity contribution >= 4 is 17.8 Å². The van der Waals surface area contributed by atoms with Crippen LogP contribution < -0.4 is 9.47 Å². The summed E-state index contributed by atoms with van der Waals surface area (Å²) in [5.41, 5.74) is 1.46. The van der Waals surface area contributed by atoms with Crippen LogP contribution in [0.25, 0.3) is 6.08 Å². The van der Waals surface area contributed by atoms with Crippen molar-refractivity contribution in [2.75, 3.05) is 13.2 Å². The molecule has 0 bridgehead atoms. The minimum atomic E-state index is -0.932. The highest BCUT2D eigenvalue weighted by molar-refractivity contribution is 6.13. The molecule has 0 aromatic heterocycles. The van der Waals surface area contributed by atoms with Crippen molar-refractivity contribution in [3.63, 3.8) is 0 Å². The van der Waals surface area contributed by atoms with Crippen molar-refractivity contribution < 1.29 is 28.6 Å². The third kappa shape index (κ3) is 4.27. The Labute approximate surface area is 149 Å². The minimum absolute atomic E-state index is 0.0643. The van der Waals surface area contributed by atoms with E-state index in [1.54, 1.807) is 24.3 Å². The van der Waals surface area contributed by atoms with Crippen molar-refractivity contribution in [1.82, 2.24) is 0 Å². The molecular formula is C20H17FO5. The lowest BCUT2D eigenvalue weighted by Gasteiger charge is -2.07. The number of carbonyl (C=O) groups is 2. The fraction of sp³-hybridized carbons (Fsp3) is 0.200. The van der Waals surface area contributed by atoms with E-state index in [0.29, 0.717) is 30.1 Å². The average molecular weight is 356 g/mol. The zero-order valence-corrected chi connectivity index (χ0v) is 13.9. The van der Waals surface area contributed by atoms with Gasteiger partial charge in [-0.3, -0.25) is 9.59 Å². The number of carboxylic acid groups (broad SMARTS) is 1. The van der Waals surface area contributed by atoms with Gasteiger partial charge in [0.25, 0.3) is 0 Å². The normalized spacial score (nSPS) is 15.1. The summed E-state index contributed by atoms with van der Waals surface area (Å²) in [4.78, 5) is 23.3. The van der Waals surface area contributed by atoms with Crippen LogP contribution >= 0.6 is 0 Å². The summed E-state index contributed by atoms with van der Waals surface area (Å²) in [6.45, 7) is 0.389. The lowest BCUT2D eigenvalue weighted by molar-refractivity contribution is -0.137. The van der Waals surface area contributed by atoms with Crippen LogP contribution in [0.2, 0.25) is 0 Å². The highest BCUT2D eigenvalue weighted by Crippen LogP contribution is 2.28. The Morgan fingerprint density at radius 1 is 1.27 bits per heavy atom. The first kappa shape index (κ1) is 17.7. The van der Waals surface area contributed by atoms with Crippen LogP contribution in [0, 0.1) is 5.82 Å². The maximum atomic E-state index is 13.5. The molecule has 1 N–H and O–H groups in total. The van der Waals surface area contributed by atoms with E-state index in [0.717, 1.165) is 5.56 Å². The molecule has 0 saturated carbocycles. The Bertz CT molecular complexity index is 872. The van der Waals surface area contributed by atoms with Gasteiger partial charge in [0.1, 0.15) is 17.3 Å². The molecule has 0 spiro atoms. The molecule has 26 heavy (non-hydrogen) atoms. The molecule has 0 saturated heterocycles. The van der Waals surface area contributed by atoms with Crippen LogP contribution in [-0.2, 0) is 4.79 Å². The van der Waals surface area contributed by atoms with Crippen molar-refractivity contribution in [3.05, 3.63) is 65.0 Å². The van der Waals surface area contributed by atoms with Crippen LogP contribution in [0.4, 0.5) is 4.39 Å². The molecule has 0 unspecified atom stereocenters. The van der Waals surface area contributed by atoms with Gasteiger partial charge in [-0.15, -0.1) is 0 Å². The molecule has 1 aliphatic rings. The molecule has 6 heteroatoms. The summed E-state index contributed by atoms with van der Waals surface area (Å²) in [5.74, 6) is -0.793. The molecule has 3 rings (SSSR count). The Morgan fingerprint density at radius 2 is 2.12 bits per heavy atom. The van der Waals surface area contributed by atoms with Crippen molar-refractivity contribution in [3.8, 4) is 11.5 Å². The highest BCUT2D eigenvalue weighted by Gasteiger charge is 2.21. The van der Waals surface area contributed by atoms with Gasteiger partial charge < -0.3 is 14.6 Å². The molecule has 0 fully saturated rings. The molecule has 2 aromatic rings. The summed E-state index contributed by atoms with van der Waals surface area (Å²) in [5, 5.41) is 8.65. The molecule has 0 aliphatic carbocycles. The van der Waals surface area contributed by atoms with Crippen molar-refractivity contribution in [2.24, 2.45) is 0 Å². The third-order valence-corrected chi connectivity index (χ3v) is 3.89. The number of fused-ring (bicyclic) bond motifs is 1. The molecule has 0 atom stereocenters. The van der Waals surface area contributed by atoms with Crippen LogP contribution in [0.3, 0.4) is 0 Å². The molecule has 0 radical (unpaired) electrons. The number of halogens is 1. The van der Waals surface area contributed by atoms with Crippen molar-refractivity contribution in [2.45, 2.75) is 12.8 Å². The molecular weight excluding hydrogens is 339 g/mol. The fourth-order valence-corrected chi connectivity index (χ4v) is 2.65. The van der Waals surface area contributed by atoms with E-state index in [4.69, 9.17) is 14.6 Å². The second kappa shape index (κ2) is 7.82. The van der Waals surface area contributed by atoms with Gasteiger partial charge in [0.05, 0.1) is 25.2 Å². The maximum absolute atomic E-state index is 13.5. The SMILES string of the molecule is O=C(O)CCOc1cccc(/C=C2\CCOc3ccc(F)cc3C2=O)c1. The van der Waals surface area contributed by atoms with Crippen LogP contribution in [-0.4, -0.2) is 30.1 Å².